The van der Waals surface area contributed by atoms with Crippen molar-refractivity contribution in [3.8, 4) is 5.75 Å². The van der Waals surface area contributed by atoms with Crippen molar-refractivity contribution in [3.05, 3.63) is 52.1 Å². The van der Waals surface area contributed by atoms with Crippen molar-refractivity contribution >= 4 is 46.5 Å². The number of aromatic nitrogens is 3. The molecular formula is C17H14Cl2F2N4O2S. The molecule has 3 aromatic rings. The van der Waals surface area contributed by atoms with Gasteiger partial charge in [0.2, 0.25) is 5.91 Å². The van der Waals surface area contributed by atoms with E-state index in [1.165, 1.54) is 28.8 Å². The van der Waals surface area contributed by atoms with Crippen molar-refractivity contribution in [1.82, 2.24) is 19.5 Å². The Bertz CT molecular complexity index is 985. The van der Waals surface area contributed by atoms with E-state index in [0.717, 1.165) is 5.56 Å². The van der Waals surface area contributed by atoms with Gasteiger partial charge in [0.15, 0.2) is 10.8 Å². The van der Waals surface area contributed by atoms with Gasteiger partial charge in [0.05, 0.1) is 15.8 Å². The highest BCUT2D eigenvalue weighted by Gasteiger charge is 2.15. The highest BCUT2D eigenvalue weighted by molar-refractivity contribution is 7.99. The van der Waals surface area contributed by atoms with Gasteiger partial charge in [-0.3, -0.25) is 9.20 Å². The topological polar surface area (TPSA) is 59.7 Å². The zero-order chi connectivity index (χ0) is 20.3. The summed E-state index contributed by atoms with van der Waals surface area (Å²) in [6.45, 7) is -2.54. The molecule has 1 aromatic carbocycles. The van der Waals surface area contributed by atoms with Crippen molar-refractivity contribution in [2.75, 3.05) is 12.8 Å². The van der Waals surface area contributed by atoms with Gasteiger partial charge in [-0.1, -0.05) is 47.1 Å². The molecule has 0 bridgehead atoms. The third-order valence-electron chi connectivity index (χ3n) is 3.71. The molecule has 0 saturated heterocycles. The minimum atomic E-state index is -2.87. The second-order valence-corrected chi connectivity index (χ2v) is 7.53. The van der Waals surface area contributed by atoms with Gasteiger partial charge < -0.3 is 9.64 Å². The number of halogens is 4. The molecule has 0 atom stereocenters. The number of ether oxygens (including phenoxy) is 1. The van der Waals surface area contributed by atoms with Crippen LogP contribution in [0.15, 0.2) is 41.7 Å². The lowest BCUT2D eigenvalue weighted by atomic mass is 10.2. The molecule has 1 amide bonds. The molecule has 0 spiro atoms. The first-order chi connectivity index (χ1) is 13.3. The summed E-state index contributed by atoms with van der Waals surface area (Å²) in [5.74, 6) is 0.0654. The van der Waals surface area contributed by atoms with Gasteiger partial charge in [-0.05, 0) is 23.8 Å². The van der Waals surface area contributed by atoms with Crippen LogP contribution in [-0.2, 0) is 11.3 Å². The Kier molecular flexibility index (Phi) is 6.58. The number of carbonyl (C=O) groups is 1. The van der Waals surface area contributed by atoms with E-state index in [4.69, 9.17) is 23.2 Å². The van der Waals surface area contributed by atoms with Crippen LogP contribution < -0.4 is 4.74 Å². The van der Waals surface area contributed by atoms with E-state index in [9.17, 15) is 13.6 Å². The van der Waals surface area contributed by atoms with Crippen molar-refractivity contribution in [2.45, 2.75) is 18.3 Å². The van der Waals surface area contributed by atoms with Crippen LogP contribution in [0.5, 0.6) is 5.75 Å². The van der Waals surface area contributed by atoms with E-state index < -0.39 is 6.61 Å². The maximum absolute atomic E-state index is 12.4. The summed E-state index contributed by atoms with van der Waals surface area (Å²) >= 11 is 13.3. The van der Waals surface area contributed by atoms with Gasteiger partial charge in [0, 0.05) is 19.8 Å². The smallest absolute Gasteiger partial charge is 0.387 e. The largest absolute Gasteiger partial charge is 0.435 e. The summed E-state index contributed by atoms with van der Waals surface area (Å²) in [4.78, 5) is 13.9. The van der Waals surface area contributed by atoms with Gasteiger partial charge in [0.25, 0.3) is 0 Å². The molecule has 148 valence electrons. The predicted molar refractivity (Wildman–Crippen MR) is 103 cm³/mol. The third-order valence-corrected chi connectivity index (χ3v) is 5.13. The second-order valence-electron chi connectivity index (χ2n) is 5.74. The fraction of sp³-hybridized carbons (Fsp3) is 0.235. The van der Waals surface area contributed by atoms with Crippen LogP contribution in [0.2, 0.25) is 10.0 Å². The zero-order valence-electron chi connectivity index (χ0n) is 14.5. The summed E-state index contributed by atoms with van der Waals surface area (Å²) in [5.41, 5.74) is 1.24. The molecule has 28 heavy (non-hydrogen) atoms. The molecule has 0 aliphatic rings. The Morgan fingerprint density at radius 1 is 1.29 bits per heavy atom. The minimum Gasteiger partial charge on any atom is -0.435 e. The summed E-state index contributed by atoms with van der Waals surface area (Å²) in [5, 5.41) is 9.32. The third kappa shape index (κ3) is 5.03. The monoisotopic (exact) mass is 446 g/mol. The van der Waals surface area contributed by atoms with Crippen LogP contribution in [0.4, 0.5) is 8.78 Å². The van der Waals surface area contributed by atoms with Gasteiger partial charge >= 0.3 is 6.61 Å². The predicted octanol–water partition coefficient (Wildman–Crippen LogP) is 4.39. The van der Waals surface area contributed by atoms with Crippen molar-refractivity contribution in [3.63, 3.8) is 0 Å². The quantitative estimate of drug-likeness (QED) is 0.503. The number of rotatable bonds is 7. The highest BCUT2D eigenvalue weighted by Crippen LogP contribution is 2.25. The van der Waals surface area contributed by atoms with Crippen molar-refractivity contribution < 1.29 is 18.3 Å². The average Bonchev–Trinajstić information content (AvgIpc) is 3.04. The van der Waals surface area contributed by atoms with E-state index in [-0.39, 0.29) is 17.4 Å². The van der Waals surface area contributed by atoms with E-state index in [0.29, 0.717) is 27.4 Å². The second kappa shape index (κ2) is 8.93. The minimum absolute atomic E-state index is 0.0688. The number of thioether (sulfide) groups is 1. The SMILES string of the molecule is CN(Cc1ccc(OC(F)F)cc1)C(=O)CSc1nnc2c(Cl)cc(Cl)cn12. The number of nitrogens with zero attached hydrogens (tertiary/aromatic N) is 4. The molecule has 0 unspecified atom stereocenters. The van der Waals surface area contributed by atoms with Gasteiger partial charge in [-0.15, -0.1) is 10.2 Å². The molecule has 6 nitrogen and oxygen atoms in total. The zero-order valence-corrected chi connectivity index (χ0v) is 16.8. The molecule has 3 rings (SSSR count). The Morgan fingerprint density at radius 2 is 2.00 bits per heavy atom. The first kappa shape index (κ1) is 20.6. The summed E-state index contributed by atoms with van der Waals surface area (Å²) in [6.07, 6.45) is 1.63. The lowest BCUT2D eigenvalue weighted by Gasteiger charge is -2.17. The highest BCUT2D eigenvalue weighted by atomic mass is 35.5. The van der Waals surface area contributed by atoms with Gasteiger partial charge in [-0.2, -0.15) is 8.78 Å². The standard InChI is InChI=1S/C17H14Cl2F2N4O2S/c1-24(7-10-2-4-12(5-3-10)27-16(20)21)14(26)9-28-17-23-22-15-13(19)6-11(18)8-25(15)17/h2-6,8,16H,7,9H2,1H3. The molecule has 0 saturated carbocycles. The molecule has 2 heterocycles. The molecule has 2 aromatic heterocycles. The average molecular weight is 447 g/mol. The van der Waals surface area contributed by atoms with Crippen LogP contribution in [0, 0.1) is 0 Å². The number of pyridine rings is 1. The normalized spacial score (nSPS) is 11.2. The maximum Gasteiger partial charge on any atom is 0.387 e. The first-order valence-corrected chi connectivity index (χ1v) is 9.68. The molecular weight excluding hydrogens is 433 g/mol. The molecule has 0 radical (unpaired) electrons. The fourth-order valence-electron chi connectivity index (χ4n) is 2.38. The number of hydrogen-bond acceptors (Lipinski definition) is 5. The van der Waals surface area contributed by atoms with Gasteiger partial charge in [0.1, 0.15) is 5.75 Å². The Morgan fingerprint density at radius 3 is 2.68 bits per heavy atom. The van der Waals surface area contributed by atoms with Crippen LogP contribution in [-0.4, -0.2) is 44.8 Å². The number of amides is 1. The van der Waals surface area contributed by atoms with Crippen LogP contribution in [0.25, 0.3) is 5.65 Å². The molecule has 0 aliphatic carbocycles. The Hall–Kier alpha value is -2.10. The number of fused-ring (bicyclic) bond motifs is 1. The molecule has 11 heteroatoms. The number of alkyl halides is 2. The van der Waals surface area contributed by atoms with Crippen molar-refractivity contribution in [1.29, 1.82) is 0 Å². The lowest BCUT2D eigenvalue weighted by Crippen LogP contribution is -2.27. The lowest BCUT2D eigenvalue weighted by molar-refractivity contribution is -0.127. The van der Waals surface area contributed by atoms with E-state index in [1.54, 1.807) is 35.8 Å². The Labute approximate surface area is 173 Å². The van der Waals surface area contributed by atoms with Crippen LogP contribution >= 0.6 is 35.0 Å². The molecule has 0 fully saturated rings. The number of benzene rings is 1. The number of carbonyl (C=O) groups excluding carboxylic acids is 1. The van der Waals surface area contributed by atoms with Crippen LogP contribution in [0.1, 0.15) is 5.56 Å². The maximum atomic E-state index is 12.4. The Balaban J connectivity index is 1.59. The van der Waals surface area contributed by atoms with Crippen molar-refractivity contribution in [2.24, 2.45) is 0 Å². The van der Waals surface area contributed by atoms with E-state index >= 15 is 0 Å². The first-order valence-electron chi connectivity index (χ1n) is 7.94. The molecule has 0 aliphatic heterocycles. The van der Waals surface area contributed by atoms with E-state index in [2.05, 4.69) is 14.9 Å². The van der Waals surface area contributed by atoms with E-state index in [1.807, 2.05) is 0 Å². The number of hydrogen-bond donors (Lipinski definition) is 0. The van der Waals surface area contributed by atoms with Crippen LogP contribution in [0.3, 0.4) is 0 Å². The van der Waals surface area contributed by atoms with Gasteiger partial charge in [-0.25, -0.2) is 0 Å². The summed E-state index contributed by atoms with van der Waals surface area (Å²) < 4.78 is 30.3. The summed E-state index contributed by atoms with van der Waals surface area (Å²) in [7, 11) is 1.65. The fourth-order valence-corrected chi connectivity index (χ4v) is 3.73. The molecule has 0 N–H and O–H groups in total. The summed E-state index contributed by atoms with van der Waals surface area (Å²) in [6, 6.07) is 7.70.